The number of hydrogen-bond acceptors (Lipinski definition) is 4. The first kappa shape index (κ1) is 14.6. The average Bonchev–Trinajstić information content (AvgIpc) is 2.47. The quantitative estimate of drug-likeness (QED) is 0.503. The molecule has 20 heavy (non-hydrogen) atoms. The molecule has 1 amide bonds. The van der Waals surface area contributed by atoms with Crippen LogP contribution in [0, 0.1) is 6.92 Å². The van der Waals surface area contributed by atoms with E-state index >= 15 is 0 Å². The molecule has 5 heteroatoms. The number of hydrogen-bond donors (Lipinski definition) is 2. The van der Waals surface area contributed by atoms with Gasteiger partial charge in [-0.3, -0.25) is 10.2 Å². The Bertz CT molecular complexity index is 601. The smallest absolute Gasteiger partial charge is 0.283 e. The number of nitrogen functional groups attached to an aromatic ring is 1. The Morgan fingerprint density at radius 1 is 1.25 bits per heavy atom. The van der Waals surface area contributed by atoms with E-state index in [4.69, 9.17) is 5.84 Å². The Balaban J connectivity index is 1.92. The van der Waals surface area contributed by atoms with Gasteiger partial charge in [-0.2, -0.15) is 11.8 Å². The monoisotopic (exact) mass is 287 g/mol. The summed E-state index contributed by atoms with van der Waals surface area (Å²) in [5, 5.41) is 0. The van der Waals surface area contributed by atoms with Gasteiger partial charge in [-0.05, 0) is 24.6 Å². The Morgan fingerprint density at radius 3 is 2.80 bits per heavy atom. The number of carbonyl (C=O) groups excluding carboxylic acids is 1. The Hall–Kier alpha value is -1.85. The maximum Gasteiger partial charge on any atom is 0.283 e. The number of carbonyl (C=O) groups is 1. The van der Waals surface area contributed by atoms with Crippen LogP contribution in [0.1, 0.15) is 27.3 Å². The first-order chi connectivity index (χ1) is 9.69. The molecule has 0 spiro atoms. The van der Waals surface area contributed by atoms with E-state index in [1.807, 2.05) is 12.1 Å². The summed E-state index contributed by atoms with van der Waals surface area (Å²) in [4.78, 5) is 15.7. The Labute approximate surface area is 122 Å². The molecule has 0 unspecified atom stereocenters. The second-order valence-corrected chi connectivity index (χ2v) is 5.46. The van der Waals surface area contributed by atoms with Crippen molar-refractivity contribution in [1.29, 1.82) is 0 Å². The SMILES string of the molecule is Cc1cccc(CSCc2cccc(C(=O)NN)n2)c1. The van der Waals surface area contributed by atoms with Crippen molar-refractivity contribution in [3.63, 3.8) is 0 Å². The molecule has 0 saturated carbocycles. The van der Waals surface area contributed by atoms with Crippen LogP contribution in [0.4, 0.5) is 0 Å². The van der Waals surface area contributed by atoms with Crippen molar-refractivity contribution in [2.75, 3.05) is 0 Å². The number of nitrogens with two attached hydrogens (primary N) is 1. The fourth-order valence-electron chi connectivity index (χ4n) is 1.84. The van der Waals surface area contributed by atoms with E-state index in [0.29, 0.717) is 5.69 Å². The molecule has 3 N–H and O–H groups in total. The molecule has 0 fully saturated rings. The fraction of sp³-hybridized carbons (Fsp3) is 0.200. The minimum Gasteiger partial charge on any atom is -0.289 e. The summed E-state index contributed by atoms with van der Waals surface area (Å²) in [6, 6.07) is 13.8. The van der Waals surface area contributed by atoms with Crippen LogP contribution in [0.2, 0.25) is 0 Å². The number of aromatic nitrogens is 1. The minimum atomic E-state index is -0.365. The highest BCUT2D eigenvalue weighted by Crippen LogP contribution is 2.17. The first-order valence-corrected chi connectivity index (χ1v) is 7.44. The van der Waals surface area contributed by atoms with Crippen LogP contribution in [-0.4, -0.2) is 10.9 Å². The van der Waals surface area contributed by atoms with Gasteiger partial charge in [0.15, 0.2) is 0 Å². The molecule has 2 aromatic rings. The van der Waals surface area contributed by atoms with E-state index in [1.165, 1.54) is 11.1 Å². The lowest BCUT2D eigenvalue weighted by atomic mass is 10.2. The highest BCUT2D eigenvalue weighted by molar-refractivity contribution is 7.97. The van der Waals surface area contributed by atoms with Crippen LogP contribution in [-0.2, 0) is 11.5 Å². The average molecular weight is 287 g/mol. The largest absolute Gasteiger partial charge is 0.289 e. The maximum atomic E-state index is 11.4. The highest BCUT2D eigenvalue weighted by atomic mass is 32.2. The van der Waals surface area contributed by atoms with Crippen molar-refractivity contribution in [3.05, 3.63) is 65.0 Å². The topological polar surface area (TPSA) is 68.0 Å². The van der Waals surface area contributed by atoms with E-state index in [-0.39, 0.29) is 5.91 Å². The molecule has 0 bridgehead atoms. The molecular weight excluding hydrogens is 270 g/mol. The lowest BCUT2D eigenvalue weighted by Crippen LogP contribution is -2.30. The van der Waals surface area contributed by atoms with Crippen molar-refractivity contribution >= 4 is 17.7 Å². The van der Waals surface area contributed by atoms with E-state index in [2.05, 4.69) is 41.6 Å². The van der Waals surface area contributed by atoms with Gasteiger partial charge in [0.25, 0.3) is 5.91 Å². The Morgan fingerprint density at radius 2 is 2.05 bits per heavy atom. The molecule has 1 aromatic carbocycles. The van der Waals surface area contributed by atoms with Gasteiger partial charge in [0.2, 0.25) is 0 Å². The van der Waals surface area contributed by atoms with Crippen LogP contribution in [0.5, 0.6) is 0 Å². The number of nitrogens with one attached hydrogen (secondary N) is 1. The summed E-state index contributed by atoms with van der Waals surface area (Å²) < 4.78 is 0. The lowest BCUT2D eigenvalue weighted by Gasteiger charge is -2.05. The summed E-state index contributed by atoms with van der Waals surface area (Å²) >= 11 is 1.77. The predicted octanol–water partition coefficient (Wildman–Crippen LogP) is 2.43. The Kier molecular flexibility index (Phi) is 5.15. The van der Waals surface area contributed by atoms with Gasteiger partial charge in [0, 0.05) is 11.5 Å². The molecule has 0 aliphatic carbocycles. The van der Waals surface area contributed by atoms with Crippen molar-refractivity contribution in [3.8, 4) is 0 Å². The lowest BCUT2D eigenvalue weighted by molar-refractivity contribution is 0.0948. The molecule has 104 valence electrons. The van der Waals surface area contributed by atoms with Gasteiger partial charge in [-0.1, -0.05) is 35.9 Å². The number of thioether (sulfide) groups is 1. The van der Waals surface area contributed by atoms with E-state index in [9.17, 15) is 4.79 Å². The number of benzene rings is 1. The van der Waals surface area contributed by atoms with Gasteiger partial charge in [-0.15, -0.1) is 0 Å². The number of nitrogens with zero attached hydrogens (tertiary/aromatic N) is 1. The summed E-state index contributed by atoms with van der Waals surface area (Å²) in [5.74, 6) is 6.43. The van der Waals surface area contributed by atoms with Crippen LogP contribution in [0.25, 0.3) is 0 Å². The maximum absolute atomic E-state index is 11.4. The predicted molar refractivity (Wildman–Crippen MR) is 82.1 cm³/mol. The van der Waals surface area contributed by atoms with Crippen molar-refractivity contribution < 1.29 is 4.79 Å². The zero-order chi connectivity index (χ0) is 14.4. The summed E-state index contributed by atoms with van der Waals surface area (Å²) in [6.07, 6.45) is 0. The number of rotatable bonds is 5. The molecule has 0 saturated heterocycles. The third kappa shape index (κ3) is 4.08. The number of aryl methyl sites for hydroxylation is 1. The zero-order valence-electron chi connectivity index (χ0n) is 11.3. The molecule has 0 aliphatic rings. The van der Waals surface area contributed by atoms with Crippen molar-refractivity contribution in [2.24, 2.45) is 5.84 Å². The number of pyridine rings is 1. The van der Waals surface area contributed by atoms with Crippen LogP contribution < -0.4 is 11.3 Å². The molecule has 0 radical (unpaired) electrons. The van der Waals surface area contributed by atoms with E-state index in [1.54, 1.807) is 17.8 Å². The van der Waals surface area contributed by atoms with Crippen LogP contribution >= 0.6 is 11.8 Å². The zero-order valence-corrected chi connectivity index (χ0v) is 12.1. The van der Waals surface area contributed by atoms with Gasteiger partial charge in [0.1, 0.15) is 5.69 Å². The second-order valence-electron chi connectivity index (χ2n) is 4.47. The molecule has 1 aromatic heterocycles. The minimum absolute atomic E-state index is 0.348. The van der Waals surface area contributed by atoms with E-state index < -0.39 is 0 Å². The van der Waals surface area contributed by atoms with Crippen molar-refractivity contribution in [1.82, 2.24) is 10.4 Å². The molecular formula is C15H17N3OS. The normalized spacial score (nSPS) is 10.3. The third-order valence-corrected chi connectivity index (χ3v) is 3.81. The van der Waals surface area contributed by atoms with E-state index in [0.717, 1.165) is 17.2 Å². The standard InChI is InChI=1S/C15H17N3OS/c1-11-4-2-5-12(8-11)9-20-10-13-6-3-7-14(17-13)15(19)18-16/h2-8H,9-10,16H2,1H3,(H,18,19). The molecule has 1 heterocycles. The summed E-state index contributed by atoms with van der Waals surface area (Å²) in [5.41, 5.74) is 5.88. The molecule has 0 atom stereocenters. The fourth-order valence-corrected chi connectivity index (χ4v) is 2.72. The van der Waals surface area contributed by atoms with Crippen molar-refractivity contribution in [2.45, 2.75) is 18.4 Å². The van der Waals surface area contributed by atoms with Gasteiger partial charge >= 0.3 is 0 Å². The molecule has 0 aliphatic heterocycles. The van der Waals surface area contributed by atoms with Crippen LogP contribution in [0.3, 0.4) is 0 Å². The van der Waals surface area contributed by atoms with Gasteiger partial charge < -0.3 is 0 Å². The number of hydrazine groups is 1. The molecule has 2 rings (SSSR count). The van der Waals surface area contributed by atoms with Crippen LogP contribution in [0.15, 0.2) is 42.5 Å². The highest BCUT2D eigenvalue weighted by Gasteiger charge is 2.05. The second kappa shape index (κ2) is 7.07. The number of amides is 1. The molecule has 4 nitrogen and oxygen atoms in total. The van der Waals surface area contributed by atoms with Gasteiger partial charge in [0.05, 0.1) is 5.69 Å². The first-order valence-electron chi connectivity index (χ1n) is 6.29. The van der Waals surface area contributed by atoms with Gasteiger partial charge in [-0.25, -0.2) is 10.8 Å². The third-order valence-electron chi connectivity index (χ3n) is 2.77. The summed E-state index contributed by atoms with van der Waals surface area (Å²) in [6.45, 7) is 2.09. The summed E-state index contributed by atoms with van der Waals surface area (Å²) in [7, 11) is 0.